The van der Waals surface area contributed by atoms with Gasteiger partial charge in [-0.3, -0.25) is 0 Å². The standard InChI is InChI=1S/C7H10OS/c1-3-6-4-7(8)5(2)9-6/h4,8H,3H2,1-2H3. The molecule has 0 saturated heterocycles. The number of aryl methyl sites for hydroxylation is 2. The number of thiophene rings is 1. The summed E-state index contributed by atoms with van der Waals surface area (Å²) < 4.78 is 0. The SMILES string of the molecule is CCc1cc(O)c(C)s1. The summed E-state index contributed by atoms with van der Waals surface area (Å²) in [4.78, 5) is 2.27. The topological polar surface area (TPSA) is 20.2 Å². The van der Waals surface area contributed by atoms with Gasteiger partial charge in [-0.1, -0.05) is 6.92 Å². The van der Waals surface area contributed by atoms with E-state index in [0.717, 1.165) is 11.3 Å². The second-order valence-electron chi connectivity index (χ2n) is 2.01. The maximum absolute atomic E-state index is 9.08. The average Bonchev–Trinajstić information content (AvgIpc) is 2.13. The van der Waals surface area contributed by atoms with E-state index in [-0.39, 0.29) is 0 Å². The Labute approximate surface area is 59.0 Å². The fraction of sp³-hybridized carbons (Fsp3) is 0.429. The molecule has 0 unspecified atom stereocenters. The molecule has 1 rings (SSSR count). The highest BCUT2D eigenvalue weighted by Crippen LogP contribution is 2.26. The third kappa shape index (κ3) is 1.24. The molecule has 50 valence electrons. The maximum Gasteiger partial charge on any atom is 0.129 e. The van der Waals surface area contributed by atoms with Crippen LogP contribution in [0.3, 0.4) is 0 Å². The molecule has 1 nitrogen and oxygen atoms in total. The van der Waals surface area contributed by atoms with Crippen LogP contribution < -0.4 is 0 Å². The van der Waals surface area contributed by atoms with Crippen LogP contribution in [0.5, 0.6) is 5.75 Å². The first kappa shape index (κ1) is 6.62. The summed E-state index contributed by atoms with van der Waals surface area (Å²) in [5, 5.41) is 9.08. The van der Waals surface area contributed by atoms with E-state index in [1.807, 2.05) is 13.0 Å². The Balaban J connectivity index is 2.98. The largest absolute Gasteiger partial charge is 0.507 e. The minimum atomic E-state index is 0.442. The second kappa shape index (κ2) is 2.40. The molecule has 0 radical (unpaired) electrons. The highest BCUT2D eigenvalue weighted by Gasteiger charge is 1.99. The number of hydrogen-bond acceptors (Lipinski definition) is 2. The van der Waals surface area contributed by atoms with Crippen LogP contribution in [0.4, 0.5) is 0 Å². The molecule has 1 aromatic rings. The van der Waals surface area contributed by atoms with Crippen LogP contribution in [0.2, 0.25) is 0 Å². The van der Waals surface area contributed by atoms with Crippen LogP contribution in [-0.4, -0.2) is 5.11 Å². The normalized spacial score (nSPS) is 10.0. The molecular formula is C7H10OS. The molecule has 0 atom stereocenters. The van der Waals surface area contributed by atoms with Crippen molar-refractivity contribution in [1.29, 1.82) is 0 Å². The summed E-state index contributed by atoms with van der Waals surface area (Å²) in [5.41, 5.74) is 0. The molecule has 0 aliphatic heterocycles. The van der Waals surface area contributed by atoms with E-state index in [1.165, 1.54) is 4.88 Å². The van der Waals surface area contributed by atoms with Crippen LogP contribution in [0.1, 0.15) is 16.7 Å². The van der Waals surface area contributed by atoms with Crippen molar-refractivity contribution in [3.05, 3.63) is 15.8 Å². The number of aromatic hydroxyl groups is 1. The molecule has 0 saturated carbocycles. The molecule has 1 aromatic heterocycles. The summed E-state index contributed by atoms with van der Waals surface area (Å²) in [6, 6.07) is 1.83. The lowest BCUT2D eigenvalue weighted by Crippen LogP contribution is -1.64. The Morgan fingerprint density at radius 2 is 2.33 bits per heavy atom. The first-order valence-corrected chi connectivity index (χ1v) is 3.84. The van der Waals surface area contributed by atoms with Gasteiger partial charge in [-0.25, -0.2) is 0 Å². The van der Waals surface area contributed by atoms with E-state index in [9.17, 15) is 0 Å². The summed E-state index contributed by atoms with van der Waals surface area (Å²) in [7, 11) is 0. The molecular weight excluding hydrogens is 132 g/mol. The van der Waals surface area contributed by atoms with Crippen molar-refractivity contribution in [2.75, 3.05) is 0 Å². The Hall–Kier alpha value is -0.500. The fourth-order valence-electron chi connectivity index (χ4n) is 0.707. The van der Waals surface area contributed by atoms with Crippen LogP contribution in [0.25, 0.3) is 0 Å². The minimum Gasteiger partial charge on any atom is -0.507 e. The minimum absolute atomic E-state index is 0.442. The van der Waals surface area contributed by atoms with E-state index in [4.69, 9.17) is 5.11 Å². The Bertz CT molecular complexity index is 183. The first-order valence-electron chi connectivity index (χ1n) is 3.02. The van der Waals surface area contributed by atoms with Gasteiger partial charge in [0, 0.05) is 9.75 Å². The second-order valence-corrected chi connectivity index (χ2v) is 3.35. The molecule has 1 N–H and O–H groups in total. The molecule has 1 heterocycles. The van der Waals surface area contributed by atoms with Crippen LogP contribution >= 0.6 is 11.3 Å². The quantitative estimate of drug-likeness (QED) is 0.638. The third-order valence-corrected chi connectivity index (χ3v) is 2.48. The molecule has 9 heavy (non-hydrogen) atoms. The zero-order valence-corrected chi connectivity index (χ0v) is 6.46. The maximum atomic E-state index is 9.08. The lowest BCUT2D eigenvalue weighted by molar-refractivity contribution is 0.474. The summed E-state index contributed by atoms with van der Waals surface area (Å²) in [5.74, 6) is 0.442. The van der Waals surface area contributed by atoms with Crippen molar-refractivity contribution in [2.45, 2.75) is 20.3 Å². The fourth-order valence-corrected chi connectivity index (χ4v) is 1.58. The smallest absolute Gasteiger partial charge is 0.129 e. The van der Waals surface area contributed by atoms with Gasteiger partial charge in [-0.15, -0.1) is 11.3 Å². The van der Waals surface area contributed by atoms with Gasteiger partial charge in [-0.2, -0.15) is 0 Å². The van der Waals surface area contributed by atoms with Gasteiger partial charge in [-0.05, 0) is 19.4 Å². The van der Waals surface area contributed by atoms with E-state index in [1.54, 1.807) is 11.3 Å². The van der Waals surface area contributed by atoms with Gasteiger partial charge in [0.25, 0.3) is 0 Å². The zero-order valence-electron chi connectivity index (χ0n) is 5.64. The van der Waals surface area contributed by atoms with Crippen molar-refractivity contribution in [3.8, 4) is 5.75 Å². The molecule has 2 heteroatoms. The van der Waals surface area contributed by atoms with Crippen molar-refractivity contribution in [1.82, 2.24) is 0 Å². The predicted octanol–water partition coefficient (Wildman–Crippen LogP) is 2.32. The van der Waals surface area contributed by atoms with E-state index >= 15 is 0 Å². The molecule has 0 aliphatic carbocycles. The molecule has 0 spiro atoms. The van der Waals surface area contributed by atoms with Crippen molar-refractivity contribution in [2.24, 2.45) is 0 Å². The third-order valence-electron chi connectivity index (χ3n) is 1.29. The molecule has 0 amide bonds. The van der Waals surface area contributed by atoms with Crippen molar-refractivity contribution < 1.29 is 5.11 Å². The van der Waals surface area contributed by atoms with Gasteiger partial charge in [0.15, 0.2) is 0 Å². The molecule has 0 aromatic carbocycles. The van der Waals surface area contributed by atoms with Gasteiger partial charge < -0.3 is 5.11 Å². The molecule has 0 bridgehead atoms. The van der Waals surface area contributed by atoms with Gasteiger partial charge in [0.2, 0.25) is 0 Å². The lowest BCUT2D eigenvalue weighted by atomic mass is 10.3. The highest BCUT2D eigenvalue weighted by molar-refractivity contribution is 7.12. The van der Waals surface area contributed by atoms with Crippen LogP contribution in [-0.2, 0) is 6.42 Å². The Kier molecular flexibility index (Phi) is 1.76. The van der Waals surface area contributed by atoms with E-state index in [2.05, 4.69) is 6.92 Å². The van der Waals surface area contributed by atoms with E-state index in [0.29, 0.717) is 5.75 Å². The van der Waals surface area contributed by atoms with Crippen molar-refractivity contribution in [3.63, 3.8) is 0 Å². The zero-order chi connectivity index (χ0) is 6.85. The average molecular weight is 142 g/mol. The first-order chi connectivity index (χ1) is 4.24. The van der Waals surface area contributed by atoms with Gasteiger partial charge >= 0.3 is 0 Å². The van der Waals surface area contributed by atoms with Crippen LogP contribution in [0.15, 0.2) is 6.07 Å². The highest BCUT2D eigenvalue weighted by atomic mass is 32.1. The summed E-state index contributed by atoms with van der Waals surface area (Å²) >= 11 is 1.66. The molecule has 0 fully saturated rings. The van der Waals surface area contributed by atoms with E-state index < -0.39 is 0 Å². The predicted molar refractivity (Wildman–Crippen MR) is 40.1 cm³/mol. The summed E-state index contributed by atoms with van der Waals surface area (Å²) in [6.07, 6.45) is 1.02. The van der Waals surface area contributed by atoms with Gasteiger partial charge in [0.1, 0.15) is 5.75 Å². The number of hydrogen-bond donors (Lipinski definition) is 1. The summed E-state index contributed by atoms with van der Waals surface area (Å²) in [6.45, 7) is 4.02. The monoisotopic (exact) mass is 142 g/mol. The number of rotatable bonds is 1. The van der Waals surface area contributed by atoms with Gasteiger partial charge in [0.05, 0.1) is 0 Å². The Morgan fingerprint density at radius 3 is 2.56 bits per heavy atom. The lowest BCUT2D eigenvalue weighted by Gasteiger charge is -1.79. The van der Waals surface area contributed by atoms with Crippen molar-refractivity contribution >= 4 is 11.3 Å². The Morgan fingerprint density at radius 1 is 1.67 bits per heavy atom. The molecule has 0 aliphatic rings. The van der Waals surface area contributed by atoms with Crippen LogP contribution in [0, 0.1) is 6.92 Å².